The van der Waals surface area contributed by atoms with Crippen LogP contribution in [0.25, 0.3) is 0 Å². The van der Waals surface area contributed by atoms with Crippen molar-refractivity contribution in [3.63, 3.8) is 0 Å². The van der Waals surface area contributed by atoms with E-state index in [1.165, 1.54) is 33.5 Å². The van der Waals surface area contributed by atoms with Crippen LogP contribution in [-0.2, 0) is 4.79 Å². The fourth-order valence-electron chi connectivity index (χ4n) is 4.04. The van der Waals surface area contributed by atoms with Crippen molar-refractivity contribution < 1.29 is 67.0 Å². The van der Waals surface area contributed by atoms with E-state index in [9.17, 15) is 67.0 Å². The molecule has 0 N–H and O–H groups in total. The number of benzene rings is 3. The van der Waals surface area contributed by atoms with E-state index in [0.29, 0.717) is 0 Å². The summed E-state index contributed by atoms with van der Waals surface area (Å²) in [7, 11) is -0.937. The van der Waals surface area contributed by atoms with E-state index >= 15 is 0 Å². The van der Waals surface area contributed by atoms with E-state index < -0.39 is 68.4 Å². The zero-order chi connectivity index (χ0) is 37.8. The molecule has 0 aliphatic carbocycles. The molecule has 0 aliphatic heterocycles. The van der Waals surface area contributed by atoms with Gasteiger partial charge in [-0.1, -0.05) is 19.8 Å². The van der Waals surface area contributed by atoms with Gasteiger partial charge in [-0.15, -0.1) is 0 Å². The molecule has 272 valence electrons. The highest BCUT2D eigenvalue weighted by Crippen LogP contribution is 2.60. The predicted octanol–water partition coefficient (Wildman–Crippen LogP) is 9.07. The van der Waals surface area contributed by atoms with Crippen LogP contribution < -0.4 is 21.0 Å². The van der Waals surface area contributed by atoms with E-state index in [0.717, 1.165) is 0 Å². The molecular formula is C30H23F13I3O2P. The Morgan fingerprint density at radius 3 is 1.20 bits per heavy atom. The Labute approximate surface area is 313 Å². The Bertz CT molecular complexity index is 1430. The molecule has 0 bridgehead atoms. The first-order valence-electron chi connectivity index (χ1n) is 13.6. The van der Waals surface area contributed by atoms with E-state index in [1.54, 1.807) is 0 Å². The summed E-state index contributed by atoms with van der Waals surface area (Å²) in [5.41, 5.74) is 0. The first-order chi connectivity index (χ1) is 22.3. The van der Waals surface area contributed by atoms with Gasteiger partial charge in [-0.05, 0) is 147 Å². The molecule has 0 aromatic heterocycles. The number of halogens is 16. The van der Waals surface area contributed by atoms with Gasteiger partial charge in [-0.3, -0.25) is 0 Å². The second kappa shape index (κ2) is 16.7. The van der Waals surface area contributed by atoms with Crippen LogP contribution in [0, 0.1) is 10.7 Å². The zero-order valence-electron chi connectivity index (χ0n) is 24.5. The molecule has 0 aliphatic rings. The molecule has 49 heavy (non-hydrogen) atoms. The Morgan fingerprint density at radius 2 is 0.918 bits per heavy atom. The summed E-state index contributed by atoms with van der Waals surface area (Å²) in [4.78, 5) is 9.80. The van der Waals surface area contributed by atoms with Crippen molar-refractivity contribution in [2.75, 3.05) is 0 Å². The largest absolute Gasteiger partial charge is 0.544 e. The van der Waals surface area contributed by atoms with Gasteiger partial charge in [0, 0.05) is 10.7 Å². The number of carbonyl (C=O) groups excluding carboxylic acids is 1. The third-order valence-electron chi connectivity index (χ3n) is 6.86. The second-order valence-electron chi connectivity index (χ2n) is 10.3. The first-order valence-corrected chi connectivity index (χ1v) is 18.3. The summed E-state index contributed by atoms with van der Waals surface area (Å²) in [6.07, 6.45) is -6.59. The van der Waals surface area contributed by atoms with Crippen LogP contribution in [0.2, 0.25) is 0 Å². The summed E-state index contributed by atoms with van der Waals surface area (Å²) in [5, 5.41) is 14.1. The number of carbonyl (C=O) groups is 1. The summed E-state index contributed by atoms with van der Waals surface area (Å²) in [5.74, 6) is -49.7. The molecule has 0 spiro atoms. The van der Waals surface area contributed by atoms with Crippen LogP contribution in [-0.4, -0.2) is 47.7 Å². The van der Waals surface area contributed by atoms with Gasteiger partial charge in [0.2, 0.25) is 0 Å². The third kappa shape index (κ3) is 9.08. The smallest absolute Gasteiger partial charge is 0.385 e. The Morgan fingerprint density at radius 1 is 0.612 bits per heavy atom. The molecule has 3 aromatic rings. The molecule has 19 heteroatoms. The average Bonchev–Trinajstić information content (AvgIpc) is 3.02. The lowest BCUT2D eigenvalue weighted by Crippen LogP contribution is -2.73. The van der Waals surface area contributed by atoms with Gasteiger partial charge in [0.15, 0.2) is 6.17 Å². The van der Waals surface area contributed by atoms with E-state index in [1.807, 2.05) is 0 Å². The highest BCUT2D eigenvalue weighted by atomic mass is 127. The van der Waals surface area contributed by atoms with Gasteiger partial charge >= 0.3 is 35.5 Å². The molecule has 0 saturated heterocycles. The van der Waals surface area contributed by atoms with Crippen molar-refractivity contribution in [2.45, 2.75) is 67.9 Å². The fourth-order valence-corrected chi connectivity index (χ4v) is 7.62. The van der Waals surface area contributed by atoms with Crippen molar-refractivity contribution in [2.24, 2.45) is 0 Å². The molecule has 0 radical (unpaired) electrons. The van der Waals surface area contributed by atoms with Gasteiger partial charge in [-0.2, -0.15) is 52.7 Å². The molecule has 0 amide bonds. The number of hydrogen-bond donors (Lipinski definition) is 0. The van der Waals surface area contributed by atoms with Gasteiger partial charge in [0.05, 0.1) is 7.92 Å². The topological polar surface area (TPSA) is 40.1 Å². The number of carboxylic acid groups (broad SMARTS) is 1. The van der Waals surface area contributed by atoms with E-state index in [-0.39, 0.29) is 6.42 Å². The van der Waals surface area contributed by atoms with Gasteiger partial charge in [-0.25, -0.2) is 4.39 Å². The highest BCUT2D eigenvalue weighted by Gasteiger charge is 2.91. The Balaban J connectivity index is 0.000000345. The SMILES string of the molecule is CCCCC(F)C(F)(F)C(F)(F)C(F)(F)C(F)(F)C(F)(F)C(F)(F)C(=O)[O-].Ic1ccc([PH+](c2ccc(I)cc2)c2ccc(I)cc2)cc1. The van der Waals surface area contributed by atoms with Gasteiger partial charge in [0.1, 0.15) is 21.9 Å². The maximum atomic E-state index is 13.3. The normalized spacial score (nSPS) is 13.9. The average molecular weight is 1070 g/mol. The van der Waals surface area contributed by atoms with Gasteiger partial charge in [0.25, 0.3) is 0 Å². The molecule has 1 unspecified atom stereocenters. The van der Waals surface area contributed by atoms with Crippen molar-refractivity contribution in [3.05, 3.63) is 83.5 Å². The number of aliphatic carboxylic acids is 1. The molecule has 0 fully saturated rings. The summed E-state index contributed by atoms with van der Waals surface area (Å²) < 4.78 is 174. The standard InChI is InChI=1S/C18H12I3P.C12H11F13O2/c19-13-1-7-16(8-2-13)22(17-9-3-14(20)4-10-17)18-11-5-15(21)6-12-18;1-2-3-4-5(13)7(14,15)9(18,19)11(22,23)12(24,25)10(20,21)8(16,17)6(26)27/h1-12H;5H,2-4H2,1H3,(H,26,27). The maximum absolute atomic E-state index is 13.3. The van der Waals surface area contributed by atoms with Crippen LogP contribution >= 0.6 is 75.7 Å². The van der Waals surface area contributed by atoms with Crippen LogP contribution in [0.5, 0.6) is 0 Å². The quantitative estimate of drug-likeness (QED) is 0.0975. The van der Waals surface area contributed by atoms with Crippen LogP contribution in [0.1, 0.15) is 26.2 Å². The van der Waals surface area contributed by atoms with Crippen LogP contribution in [0.15, 0.2) is 72.8 Å². The zero-order valence-corrected chi connectivity index (χ0v) is 32.0. The van der Waals surface area contributed by atoms with E-state index in [4.69, 9.17) is 0 Å². The minimum Gasteiger partial charge on any atom is -0.544 e. The Kier molecular flexibility index (Phi) is 15.0. The fraction of sp³-hybridized carbons (Fsp3) is 0.367. The maximum Gasteiger partial charge on any atom is 0.385 e. The number of carboxylic acids is 1. The molecule has 0 heterocycles. The Hall–Kier alpha value is -1.16. The van der Waals surface area contributed by atoms with Crippen molar-refractivity contribution in [1.29, 1.82) is 0 Å². The lowest BCUT2D eigenvalue weighted by atomic mass is 9.89. The monoisotopic (exact) mass is 1070 g/mol. The summed E-state index contributed by atoms with van der Waals surface area (Å²) in [6, 6.07) is 27.0. The molecule has 3 aromatic carbocycles. The molecule has 2 nitrogen and oxygen atoms in total. The number of alkyl halides is 13. The second-order valence-corrected chi connectivity index (χ2v) is 16.5. The first kappa shape index (κ1) is 44.0. The molecule has 3 rings (SSSR count). The number of rotatable bonds is 13. The lowest BCUT2D eigenvalue weighted by Gasteiger charge is -2.42. The summed E-state index contributed by atoms with van der Waals surface area (Å²) in [6.45, 7) is 1.20. The summed E-state index contributed by atoms with van der Waals surface area (Å²) >= 11 is 7.10. The minimum absolute atomic E-state index is 0.148. The van der Waals surface area contributed by atoms with Crippen molar-refractivity contribution in [3.8, 4) is 0 Å². The number of hydrogen-bond acceptors (Lipinski definition) is 2. The van der Waals surface area contributed by atoms with Crippen LogP contribution in [0.4, 0.5) is 57.1 Å². The van der Waals surface area contributed by atoms with Crippen molar-refractivity contribution in [1.82, 2.24) is 0 Å². The molecule has 0 saturated carbocycles. The highest BCUT2D eigenvalue weighted by molar-refractivity contribution is 14.1. The minimum atomic E-state index is -8.05. The molecular weight excluding hydrogens is 1050 g/mol. The third-order valence-corrected chi connectivity index (χ3v) is 11.7. The lowest BCUT2D eigenvalue weighted by molar-refractivity contribution is -0.434. The predicted molar refractivity (Wildman–Crippen MR) is 184 cm³/mol. The molecule has 1 atom stereocenters. The van der Waals surface area contributed by atoms with E-state index in [2.05, 4.69) is 141 Å². The number of unbranched alkanes of at least 4 members (excludes halogenated alkanes) is 1. The van der Waals surface area contributed by atoms with Crippen LogP contribution in [0.3, 0.4) is 0 Å². The van der Waals surface area contributed by atoms with Gasteiger partial charge < -0.3 is 9.90 Å². The van der Waals surface area contributed by atoms with Crippen molar-refractivity contribution >= 4 is 97.6 Å².